The van der Waals surface area contributed by atoms with E-state index >= 15 is 0 Å². The molecule has 0 bridgehead atoms. The highest BCUT2D eigenvalue weighted by Crippen LogP contribution is 2.18. The first kappa shape index (κ1) is 10.3. The van der Waals surface area contributed by atoms with Crippen LogP contribution in [0.3, 0.4) is 0 Å². The van der Waals surface area contributed by atoms with Gasteiger partial charge in [0.15, 0.2) is 0 Å². The van der Waals surface area contributed by atoms with Crippen LogP contribution in [0, 0.1) is 12.7 Å². The number of benzene rings is 1. The van der Waals surface area contributed by atoms with Crippen LogP contribution in [0.5, 0.6) is 0 Å². The number of allylic oxidation sites excluding steroid dienone is 1. The lowest BCUT2D eigenvalue weighted by Crippen LogP contribution is -1.93. The Morgan fingerprint density at radius 3 is 2.85 bits per heavy atom. The van der Waals surface area contributed by atoms with Crippen molar-refractivity contribution in [3.05, 3.63) is 35.2 Å². The van der Waals surface area contributed by atoms with Gasteiger partial charge in [-0.1, -0.05) is 28.1 Å². The van der Waals surface area contributed by atoms with E-state index in [1.54, 1.807) is 19.1 Å². The van der Waals surface area contributed by atoms with Gasteiger partial charge in [0, 0.05) is 16.6 Å². The van der Waals surface area contributed by atoms with Gasteiger partial charge in [0.05, 0.1) is 0 Å². The number of aryl methyl sites for hydroxylation is 1. The van der Waals surface area contributed by atoms with Gasteiger partial charge in [0.25, 0.3) is 0 Å². The fraction of sp³-hybridized carbons (Fsp3) is 0.200. The second-order valence-electron chi connectivity index (χ2n) is 2.79. The molecule has 0 aromatic heterocycles. The van der Waals surface area contributed by atoms with E-state index in [9.17, 15) is 4.39 Å². The van der Waals surface area contributed by atoms with Gasteiger partial charge in [-0.2, -0.15) is 0 Å². The molecule has 0 aliphatic carbocycles. The van der Waals surface area contributed by atoms with E-state index < -0.39 is 0 Å². The fourth-order valence-electron chi connectivity index (χ4n) is 1.01. The molecule has 0 saturated heterocycles. The van der Waals surface area contributed by atoms with E-state index in [0.29, 0.717) is 16.6 Å². The summed E-state index contributed by atoms with van der Waals surface area (Å²) >= 11 is 3.22. The Labute approximate surface area is 85.6 Å². The minimum atomic E-state index is -0.232. The van der Waals surface area contributed by atoms with E-state index in [-0.39, 0.29) is 5.82 Å². The second kappa shape index (κ2) is 4.42. The number of nitrogen functional groups attached to an aromatic ring is 1. The summed E-state index contributed by atoms with van der Waals surface area (Å²) in [5.41, 5.74) is 7.57. The number of hydrogen-bond acceptors (Lipinski definition) is 1. The third kappa shape index (κ3) is 2.56. The molecule has 1 aromatic carbocycles. The Morgan fingerprint density at radius 1 is 1.54 bits per heavy atom. The second-order valence-corrected chi connectivity index (χ2v) is 3.43. The lowest BCUT2D eigenvalue weighted by molar-refractivity contribution is 0.624. The molecule has 0 unspecified atom stereocenters. The van der Waals surface area contributed by atoms with Crippen LogP contribution < -0.4 is 5.73 Å². The first-order valence-electron chi connectivity index (χ1n) is 3.93. The first-order chi connectivity index (χ1) is 6.15. The zero-order valence-electron chi connectivity index (χ0n) is 7.35. The van der Waals surface area contributed by atoms with Gasteiger partial charge in [-0.3, -0.25) is 0 Å². The van der Waals surface area contributed by atoms with Crippen LogP contribution in [0.2, 0.25) is 0 Å². The molecule has 0 spiro atoms. The zero-order chi connectivity index (χ0) is 9.84. The Morgan fingerprint density at radius 2 is 2.23 bits per heavy atom. The SMILES string of the molecule is Cc1cc(F)c(C=CCBr)cc1N. The van der Waals surface area contributed by atoms with Gasteiger partial charge in [-0.15, -0.1) is 0 Å². The number of rotatable bonds is 2. The van der Waals surface area contributed by atoms with E-state index in [1.165, 1.54) is 6.07 Å². The van der Waals surface area contributed by atoms with E-state index in [1.807, 2.05) is 6.08 Å². The van der Waals surface area contributed by atoms with Gasteiger partial charge >= 0.3 is 0 Å². The predicted molar refractivity (Wildman–Crippen MR) is 58.4 cm³/mol. The lowest BCUT2D eigenvalue weighted by atomic mass is 10.1. The first-order valence-corrected chi connectivity index (χ1v) is 5.05. The minimum absolute atomic E-state index is 0.232. The van der Waals surface area contributed by atoms with Gasteiger partial charge in [-0.25, -0.2) is 4.39 Å². The molecule has 0 heterocycles. The molecule has 0 saturated carbocycles. The van der Waals surface area contributed by atoms with Gasteiger partial charge in [-0.05, 0) is 24.6 Å². The normalized spacial score (nSPS) is 11.0. The van der Waals surface area contributed by atoms with E-state index in [0.717, 1.165) is 5.56 Å². The Bertz CT molecular complexity index is 334. The van der Waals surface area contributed by atoms with Crippen molar-refractivity contribution in [3.63, 3.8) is 0 Å². The van der Waals surface area contributed by atoms with Crippen LogP contribution in [0.15, 0.2) is 18.2 Å². The molecular formula is C10H11BrFN. The summed E-state index contributed by atoms with van der Waals surface area (Å²) in [7, 11) is 0. The van der Waals surface area contributed by atoms with Crippen LogP contribution in [-0.4, -0.2) is 5.33 Å². The van der Waals surface area contributed by atoms with Crippen LogP contribution in [-0.2, 0) is 0 Å². The molecule has 0 fully saturated rings. The van der Waals surface area contributed by atoms with E-state index in [4.69, 9.17) is 5.73 Å². The monoisotopic (exact) mass is 243 g/mol. The molecule has 70 valence electrons. The molecule has 1 nitrogen and oxygen atoms in total. The molecule has 13 heavy (non-hydrogen) atoms. The van der Waals surface area contributed by atoms with Crippen molar-refractivity contribution < 1.29 is 4.39 Å². The molecular weight excluding hydrogens is 233 g/mol. The number of nitrogens with two attached hydrogens (primary N) is 1. The Hall–Kier alpha value is -0.830. The Kier molecular flexibility index (Phi) is 3.48. The summed E-state index contributed by atoms with van der Waals surface area (Å²) in [5.74, 6) is -0.232. The largest absolute Gasteiger partial charge is 0.398 e. The molecule has 3 heteroatoms. The molecule has 1 rings (SSSR count). The van der Waals surface area contributed by atoms with Crippen molar-refractivity contribution in [2.75, 3.05) is 11.1 Å². The fourth-order valence-corrected chi connectivity index (χ4v) is 1.19. The molecule has 0 aliphatic heterocycles. The molecule has 0 radical (unpaired) electrons. The number of hydrogen-bond donors (Lipinski definition) is 1. The van der Waals surface area contributed by atoms with Gasteiger partial charge < -0.3 is 5.73 Å². The zero-order valence-corrected chi connectivity index (χ0v) is 8.94. The predicted octanol–water partition coefficient (Wildman–Crippen LogP) is 3.12. The molecule has 0 amide bonds. The third-order valence-electron chi connectivity index (χ3n) is 1.77. The maximum Gasteiger partial charge on any atom is 0.130 e. The molecule has 0 aliphatic rings. The van der Waals surface area contributed by atoms with Crippen molar-refractivity contribution in [2.24, 2.45) is 0 Å². The molecule has 1 aromatic rings. The number of anilines is 1. The standard InChI is InChI=1S/C10H11BrFN/c1-7-5-9(12)8(3-2-4-11)6-10(7)13/h2-3,5-6H,4,13H2,1H3. The summed E-state index contributed by atoms with van der Waals surface area (Å²) < 4.78 is 13.2. The summed E-state index contributed by atoms with van der Waals surface area (Å²) in [5, 5.41) is 0.709. The maximum atomic E-state index is 13.2. The van der Waals surface area contributed by atoms with Crippen LogP contribution in [0.4, 0.5) is 10.1 Å². The van der Waals surface area contributed by atoms with Crippen molar-refractivity contribution in [1.82, 2.24) is 0 Å². The minimum Gasteiger partial charge on any atom is -0.398 e. The van der Waals surface area contributed by atoms with Gasteiger partial charge in [0.2, 0.25) is 0 Å². The lowest BCUT2D eigenvalue weighted by Gasteiger charge is -2.02. The topological polar surface area (TPSA) is 26.0 Å². The average Bonchev–Trinajstić information content (AvgIpc) is 2.09. The van der Waals surface area contributed by atoms with E-state index in [2.05, 4.69) is 15.9 Å². The number of alkyl halides is 1. The van der Waals surface area contributed by atoms with Crippen LogP contribution >= 0.6 is 15.9 Å². The third-order valence-corrected chi connectivity index (χ3v) is 2.15. The van der Waals surface area contributed by atoms with Crippen LogP contribution in [0.1, 0.15) is 11.1 Å². The van der Waals surface area contributed by atoms with Crippen molar-refractivity contribution in [2.45, 2.75) is 6.92 Å². The highest BCUT2D eigenvalue weighted by molar-refractivity contribution is 9.09. The summed E-state index contributed by atoms with van der Waals surface area (Å²) in [6, 6.07) is 3.09. The van der Waals surface area contributed by atoms with Crippen molar-refractivity contribution in [3.8, 4) is 0 Å². The van der Waals surface area contributed by atoms with Crippen LogP contribution in [0.25, 0.3) is 6.08 Å². The number of halogens is 2. The van der Waals surface area contributed by atoms with Crippen molar-refractivity contribution >= 4 is 27.7 Å². The summed E-state index contributed by atoms with van der Waals surface area (Å²) in [6.45, 7) is 1.79. The highest BCUT2D eigenvalue weighted by Gasteiger charge is 2.01. The summed E-state index contributed by atoms with van der Waals surface area (Å²) in [6.07, 6.45) is 3.53. The smallest absolute Gasteiger partial charge is 0.130 e. The quantitative estimate of drug-likeness (QED) is 0.627. The van der Waals surface area contributed by atoms with Crippen molar-refractivity contribution in [1.29, 1.82) is 0 Å². The highest BCUT2D eigenvalue weighted by atomic mass is 79.9. The Balaban J connectivity index is 3.08. The summed E-state index contributed by atoms with van der Waals surface area (Å²) in [4.78, 5) is 0. The molecule has 2 N–H and O–H groups in total. The average molecular weight is 244 g/mol. The molecule has 0 atom stereocenters. The van der Waals surface area contributed by atoms with Gasteiger partial charge in [0.1, 0.15) is 5.82 Å². The maximum absolute atomic E-state index is 13.2.